The smallest absolute Gasteiger partial charge is 0.251 e. The second kappa shape index (κ2) is 5.50. The van der Waals surface area contributed by atoms with Gasteiger partial charge in [0.05, 0.1) is 11.2 Å². The second-order valence-electron chi connectivity index (χ2n) is 4.57. The first-order chi connectivity index (χ1) is 9.33. The molecule has 1 aliphatic heterocycles. The van der Waals surface area contributed by atoms with Crippen LogP contribution in [0.5, 0.6) is 0 Å². The Morgan fingerprint density at radius 1 is 1.37 bits per heavy atom. The van der Waals surface area contributed by atoms with Gasteiger partial charge in [0, 0.05) is 37.0 Å². The summed E-state index contributed by atoms with van der Waals surface area (Å²) in [4.78, 5) is 16.2. The molecule has 0 radical (unpaired) electrons. The van der Waals surface area contributed by atoms with Crippen LogP contribution in [-0.4, -0.2) is 17.4 Å². The van der Waals surface area contributed by atoms with E-state index in [9.17, 15) is 4.79 Å². The minimum atomic E-state index is -0.00932. The van der Waals surface area contributed by atoms with Crippen LogP contribution in [0.4, 0.5) is 0 Å². The highest BCUT2D eigenvalue weighted by atomic mass is 32.1. The zero-order chi connectivity index (χ0) is 13.1. The molecule has 19 heavy (non-hydrogen) atoms. The van der Waals surface area contributed by atoms with Crippen molar-refractivity contribution in [1.82, 2.24) is 15.6 Å². The SMILES string of the molecule is O=C(NCCc1cscn1)c1ccc2c(c1)CNC2. The largest absolute Gasteiger partial charge is 0.352 e. The molecule has 2 aromatic rings. The van der Waals surface area contributed by atoms with E-state index in [4.69, 9.17) is 0 Å². The van der Waals surface area contributed by atoms with Crippen LogP contribution in [0, 0.1) is 0 Å². The van der Waals surface area contributed by atoms with Gasteiger partial charge in [0.1, 0.15) is 0 Å². The van der Waals surface area contributed by atoms with Gasteiger partial charge in [-0.05, 0) is 23.3 Å². The average molecular weight is 273 g/mol. The van der Waals surface area contributed by atoms with Gasteiger partial charge in [-0.25, -0.2) is 4.98 Å². The van der Waals surface area contributed by atoms with Gasteiger partial charge in [-0.15, -0.1) is 11.3 Å². The lowest BCUT2D eigenvalue weighted by molar-refractivity contribution is 0.0954. The summed E-state index contributed by atoms with van der Waals surface area (Å²) < 4.78 is 0. The predicted octanol–water partition coefficient (Wildman–Crippen LogP) is 1.72. The lowest BCUT2D eigenvalue weighted by Crippen LogP contribution is -2.25. The first kappa shape index (κ1) is 12.3. The van der Waals surface area contributed by atoms with Crippen molar-refractivity contribution in [3.05, 3.63) is 51.5 Å². The van der Waals surface area contributed by atoms with Gasteiger partial charge in [0.2, 0.25) is 0 Å². The number of nitrogens with one attached hydrogen (secondary N) is 2. The molecule has 1 aromatic heterocycles. The third-order valence-corrected chi connectivity index (χ3v) is 3.88. The Morgan fingerprint density at radius 3 is 3.11 bits per heavy atom. The van der Waals surface area contributed by atoms with E-state index in [0.29, 0.717) is 6.54 Å². The molecule has 0 bridgehead atoms. The van der Waals surface area contributed by atoms with Crippen molar-refractivity contribution in [2.24, 2.45) is 0 Å². The van der Waals surface area contributed by atoms with E-state index < -0.39 is 0 Å². The molecule has 3 rings (SSSR count). The molecule has 0 saturated heterocycles. The third kappa shape index (κ3) is 2.83. The molecule has 4 nitrogen and oxygen atoms in total. The maximum atomic E-state index is 12.0. The van der Waals surface area contributed by atoms with Crippen LogP contribution in [0.1, 0.15) is 27.2 Å². The zero-order valence-electron chi connectivity index (χ0n) is 10.5. The van der Waals surface area contributed by atoms with E-state index in [1.165, 1.54) is 11.1 Å². The van der Waals surface area contributed by atoms with Gasteiger partial charge in [0.15, 0.2) is 0 Å². The molecule has 98 valence electrons. The summed E-state index contributed by atoms with van der Waals surface area (Å²) in [6.45, 7) is 2.38. The topological polar surface area (TPSA) is 54.0 Å². The van der Waals surface area contributed by atoms with Crippen LogP contribution in [-0.2, 0) is 19.5 Å². The maximum absolute atomic E-state index is 12.0. The summed E-state index contributed by atoms with van der Waals surface area (Å²) in [6.07, 6.45) is 0.780. The molecule has 0 saturated carbocycles. The normalized spacial score (nSPS) is 13.3. The second-order valence-corrected chi connectivity index (χ2v) is 5.29. The van der Waals surface area contributed by atoms with Crippen molar-refractivity contribution in [2.45, 2.75) is 19.5 Å². The average Bonchev–Trinajstić information content (AvgIpc) is 3.08. The number of aromatic nitrogens is 1. The third-order valence-electron chi connectivity index (χ3n) is 3.25. The molecule has 0 spiro atoms. The predicted molar refractivity (Wildman–Crippen MR) is 75.1 cm³/mol. The Kier molecular flexibility index (Phi) is 3.57. The van der Waals surface area contributed by atoms with E-state index in [0.717, 1.165) is 30.8 Å². The number of benzene rings is 1. The van der Waals surface area contributed by atoms with Crippen molar-refractivity contribution in [1.29, 1.82) is 0 Å². The highest BCUT2D eigenvalue weighted by Gasteiger charge is 2.13. The molecule has 1 aromatic carbocycles. The number of amides is 1. The molecular weight excluding hydrogens is 258 g/mol. The summed E-state index contributed by atoms with van der Waals surface area (Å²) in [7, 11) is 0. The molecule has 0 unspecified atom stereocenters. The minimum absolute atomic E-state index is 0.00932. The first-order valence-electron chi connectivity index (χ1n) is 6.31. The fraction of sp³-hybridized carbons (Fsp3) is 0.286. The van der Waals surface area contributed by atoms with Crippen LogP contribution in [0.25, 0.3) is 0 Å². The van der Waals surface area contributed by atoms with Gasteiger partial charge < -0.3 is 10.6 Å². The number of rotatable bonds is 4. The Bertz CT molecular complexity index is 580. The van der Waals surface area contributed by atoms with Crippen molar-refractivity contribution < 1.29 is 4.79 Å². The first-order valence-corrected chi connectivity index (χ1v) is 7.25. The van der Waals surface area contributed by atoms with E-state index in [-0.39, 0.29) is 5.91 Å². The van der Waals surface area contributed by atoms with Crippen molar-refractivity contribution in [2.75, 3.05) is 6.54 Å². The van der Waals surface area contributed by atoms with E-state index in [1.807, 2.05) is 29.1 Å². The summed E-state index contributed by atoms with van der Waals surface area (Å²) in [5, 5.41) is 8.22. The number of hydrogen-bond acceptors (Lipinski definition) is 4. The van der Waals surface area contributed by atoms with E-state index >= 15 is 0 Å². The van der Waals surface area contributed by atoms with Gasteiger partial charge >= 0.3 is 0 Å². The summed E-state index contributed by atoms with van der Waals surface area (Å²) in [5.74, 6) is -0.00932. The molecule has 0 fully saturated rings. The number of carbonyl (C=O) groups is 1. The van der Waals surface area contributed by atoms with Crippen LogP contribution >= 0.6 is 11.3 Å². The summed E-state index contributed by atoms with van der Waals surface area (Å²) in [6, 6.07) is 5.90. The molecule has 5 heteroatoms. The minimum Gasteiger partial charge on any atom is -0.352 e. The highest BCUT2D eigenvalue weighted by molar-refractivity contribution is 7.07. The Balaban J connectivity index is 1.58. The van der Waals surface area contributed by atoms with E-state index in [1.54, 1.807) is 11.3 Å². The monoisotopic (exact) mass is 273 g/mol. The van der Waals surface area contributed by atoms with Crippen LogP contribution in [0.15, 0.2) is 29.1 Å². The highest BCUT2D eigenvalue weighted by Crippen LogP contribution is 2.16. The summed E-state index contributed by atoms with van der Waals surface area (Å²) in [5.41, 5.74) is 6.10. The number of carbonyl (C=O) groups excluding carboxylic acids is 1. The van der Waals surface area contributed by atoms with Crippen molar-refractivity contribution in [3.63, 3.8) is 0 Å². The van der Waals surface area contributed by atoms with Crippen LogP contribution in [0.2, 0.25) is 0 Å². The van der Waals surface area contributed by atoms with Gasteiger partial charge in [-0.3, -0.25) is 4.79 Å². The molecule has 0 aliphatic carbocycles. The quantitative estimate of drug-likeness (QED) is 0.892. The van der Waals surface area contributed by atoms with Crippen molar-refractivity contribution in [3.8, 4) is 0 Å². The fourth-order valence-electron chi connectivity index (χ4n) is 2.20. The zero-order valence-corrected chi connectivity index (χ0v) is 11.3. The summed E-state index contributed by atoms with van der Waals surface area (Å²) >= 11 is 1.58. The number of thiazole rings is 1. The molecule has 2 heterocycles. The lowest BCUT2D eigenvalue weighted by atomic mass is 10.1. The number of nitrogens with zero attached hydrogens (tertiary/aromatic N) is 1. The standard InChI is InChI=1S/C14H15N3OS/c18-14(16-4-3-13-8-19-9-17-13)10-1-2-11-6-15-7-12(11)5-10/h1-2,5,8-9,15H,3-4,6-7H2,(H,16,18). The Labute approximate surface area is 115 Å². The molecule has 2 N–H and O–H groups in total. The van der Waals surface area contributed by atoms with Gasteiger partial charge in [0.25, 0.3) is 5.91 Å². The fourth-order valence-corrected chi connectivity index (χ4v) is 2.80. The van der Waals surface area contributed by atoms with Crippen LogP contribution < -0.4 is 10.6 Å². The number of fused-ring (bicyclic) bond motifs is 1. The van der Waals surface area contributed by atoms with Gasteiger partial charge in [-0.1, -0.05) is 6.07 Å². The Hall–Kier alpha value is -1.72. The number of hydrogen-bond donors (Lipinski definition) is 2. The lowest BCUT2D eigenvalue weighted by Gasteiger charge is -2.06. The van der Waals surface area contributed by atoms with Crippen LogP contribution in [0.3, 0.4) is 0 Å². The van der Waals surface area contributed by atoms with Crippen molar-refractivity contribution >= 4 is 17.2 Å². The van der Waals surface area contributed by atoms with Gasteiger partial charge in [-0.2, -0.15) is 0 Å². The molecule has 1 amide bonds. The Morgan fingerprint density at radius 2 is 2.26 bits per heavy atom. The maximum Gasteiger partial charge on any atom is 0.251 e. The molecule has 1 aliphatic rings. The van der Waals surface area contributed by atoms with E-state index in [2.05, 4.69) is 15.6 Å². The molecule has 0 atom stereocenters. The molecular formula is C14H15N3OS.